The fraction of sp³-hybridized carbons (Fsp3) is 0.480. The fourth-order valence-electron chi connectivity index (χ4n) is 4.91. The van der Waals surface area contributed by atoms with Crippen molar-refractivity contribution in [3.05, 3.63) is 48.0 Å². The van der Waals surface area contributed by atoms with Gasteiger partial charge in [0.2, 0.25) is 0 Å². The summed E-state index contributed by atoms with van der Waals surface area (Å²) in [6.07, 6.45) is 1.93. The number of amides is 1. The second-order valence-corrected chi connectivity index (χ2v) is 9.48. The van der Waals surface area contributed by atoms with Crippen molar-refractivity contribution in [3.63, 3.8) is 0 Å². The minimum absolute atomic E-state index is 0.130. The van der Waals surface area contributed by atoms with Gasteiger partial charge in [-0.1, -0.05) is 70.2 Å². The zero-order valence-corrected chi connectivity index (χ0v) is 19.1. The lowest BCUT2D eigenvalue weighted by atomic mass is 9.83. The van der Waals surface area contributed by atoms with Crippen LogP contribution in [0.3, 0.4) is 0 Å². The lowest BCUT2D eigenvalue weighted by Crippen LogP contribution is -2.63. The first-order chi connectivity index (χ1) is 14.2. The van der Waals surface area contributed by atoms with Gasteiger partial charge in [0.25, 0.3) is 5.78 Å². The molecule has 2 aromatic rings. The van der Waals surface area contributed by atoms with Gasteiger partial charge in [0, 0.05) is 17.8 Å². The third kappa shape index (κ3) is 3.69. The summed E-state index contributed by atoms with van der Waals surface area (Å²) in [5.74, 6) is -1.01. The summed E-state index contributed by atoms with van der Waals surface area (Å²) in [7, 11) is 0. The van der Waals surface area contributed by atoms with Crippen molar-refractivity contribution in [1.82, 2.24) is 0 Å². The molecule has 5 heteroatoms. The molecule has 1 saturated heterocycles. The summed E-state index contributed by atoms with van der Waals surface area (Å²) in [6, 6.07) is 13.4. The number of nitrogens with zero attached hydrogens (tertiary/aromatic N) is 1. The summed E-state index contributed by atoms with van der Waals surface area (Å²) in [5, 5.41) is 1.75. The maximum atomic E-state index is 13.6. The molecule has 0 saturated carbocycles. The molecule has 4 nitrogen and oxygen atoms in total. The molecule has 3 atom stereocenters. The molecule has 1 fully saturated rings. The third-order valence-electron chi connectivity index (χ3n) is 6.94. The second-order valence-electron chi connectivity index (χ2n) is 9.08. The predicted octanol–water partition coefficient (Wildman–Crippen LogP) is 4.53. The highest BCUT2D eigenvalue weighted by atomic mass is 32.1. The SMILES string of the molecule is CCC[N+]1(C(=O)C(=O)C(C)(C)CC)CCC(c2cccc3ccccc23)[C@H]1C(=O)[S-]. The normalized spacial score (nSPS) is 24.1. The van der Waals surface area contributed by atoms with Gasteiger partial charge in [-0.3, -0.25) is 4.79 Å². The molecule has 1 aliphatic rings. The molecule has 160 valence electrons. The highest BCUT2D eigenvalue weighted by Crippen LogP contribution is 2.43. The highest BCUT2D eigenvalue weighted by molar-refractivity contribution is 7.77. The lowest BCUT2D eigenvalue weighted by molar-refractivity contribution is -0.854. The van der Waals surface area contributed by atoms with Gasteiger partial charge in [-0.05, 0) is 29.2 Å². The van der Waals surface area contributed by atoms with Crippen molar-refractivity contribution in [2.75, 3.05) is 13.1 Å². The summed E-state index contributed by atoms with van der Waals surface area (Å²) < 4.78 is -0.130. The molecule has 3 rings (SSSR count). The average Bonchev–Trinajstić information content (AvgIpc) is 3.12. The van der Waals surface area contributed by atoms with Gasteiger partial charge in [-0.15, -0.1) is 0 Å². The van der Waals surface area contributed by atoms with Gasteiger partial charge < -0.3 is 17.4 Å². The van der Waals surface area contributed by atoms with Crippen LogP contribution >= 0.6 is 0 Å². The molecule has 0 spiro atoms. The zero-order chi connectivity index (χ0) is 22.1. The van der Waals surface area contributed by atoms with Crippen molar-refractivity contribution in [2.24, 2.45) is 5.41 Å². The third-order valence-corrected chi connectivity index (χ3v) is 7.18. The van der Waals surface area contributed by atoms with Gasteiger partial charge in [-0.25, -0.2) is 9.28 Å². The van der Waals surface area contributed by atoms with Crippen LogP contribution in [0.2, 0.25) is 0 Å². The number of quaternary nitrogens is 1. The van der Waals surface area contributed by atoms with Gasteiger partial charge in [0.15, 0.2) is 0 Å². The predicted molar refractivity (Wildman–Crippen MR) is 122 cm³/mol. The Bertz CT molecular complexity index is 978. The molecule has 1 amide bonds. The maximum Gasteiger partial charge on any atom is 0.382 e. The summed E-state index contributed by atoms with van der Waals surface area (Å²) >= 11 is 5.21. The molecule has 0 radical (unpaired) electrons. The Kier molecular flexibility index (Phi) is 6.44. The number of hydrogen-bond acceptors (Lipinski definition) is 4. The van der Waals surface area contributed by atoms with Crippen molar-refractivity contribution in [1.29, 1.82) is 0 Å². The molecule has 1 aliphatic heterocycles. The molecule has 2 unspecified atom stereocenters. The van der Waals surface area contributed by atoms with Crippen LogP contribution in [-0.4, -0.2) is 40.4 Å². The molecule has 1 heterocycles. The number of Topliss-reactive ketones (excluding diaryl/α,β-unsaturated/α-hetero) is 1. The van der Waals surface area contributed by atoms with Crippen LogP contribution in [0, 0.1) is 5.41 Å². The smallest absolute Gasteiger partial charge is 0.382 e. The Morgan fingerprint density at radius 1 is 1.07 bits per heavy atom. The van der Waals surface area contributed by atoms with Crippen LogP contribution in [0.25, 0.3) is 10.8 Å². The minimum Gasteiger partial charge on any atom is -0.736 e. The van der Waals surface area contributed by atoms with Crippen LogP contribution in [0.15, 0.2) is 42.5 Å². The van der Waals surface area contributed by atoms with Crippen LogP contribution in [-0.2, 0) is 27.0 Å². The largest absolute Gasteiger partial charge is 0.736 e. The number of rotatable bonds is 7. The van der Waals surface area contributed by atoms with Crippen molar-refractivity contribution >= 4 is 40.2 Å². The van der Waals surface area contributed by atoms with E-state index in [-0.39, 0.29) is 10.4 Å². The van der Waals surface area contributed by atoms with E-state index in [1.54, 1.807) is 13.8 Å². The highest BCUT2D eigenvalue weighted by Gasteiger charge is 2.57. The number of likely N-dealkylation sites (tertiary alicyclic amines) is 1. The van der Waals surface area contributed by atoms with Crippen molar-refractivity contribution < 1.29 is 18.9 Å². The lowest BCUT2D eigenvalue weighted by Gasteiger charge is -2.40. The topological polar surface area (TPSA) is 51.2 Å². The second kappa shape index (κ2) is 8.56. The van der Waals surface area contributed by atoms with Gasteiger partial charge in [0.1, 0.15) is 6.04 Å². The number of benzene rings is 2. The summed E-state index contributed by atoms with van der Waals surface area (Å²) in [6.45, 7) is 8.43. The quantitative estimate of drug-likeness (QED) is 0.372. The first kappa shape index (κ1) is 22.6. The van der Waals surface area contributed by atoms with Crippen LogP contribution in [0.1, 0.15) is 58.4 Å². The van der Waals surface area contributed by atoms with E-state index in [0.717, 1.165) is 16.3 Å². The van der Waals surface area contributed by atoms with Crippen LogP contribution < -0.4 is 0 Å². The summed E-state index contributed by atoms with van der Waals surface area (Å²) in [5.41, 5.74) is 0.297. The monoisotopic (exact) mass is 425 g/mol. The van der Waals surface area contributed by atoms with Crippen molar-refractivity contribution in [3.8, 4) is 0 Å². The van der Waals surface area contributed by atoms with Crippen molar-refractivity contribution in [2.45, 2.75) is 58.9 Å². The Labute approximate surface area is 184 Å². The number of carbonyl (C=O) groups is 3. The van der Waals surface area contributed by atoms with E-state index in [0.29, 0.717) is 32.4 Å². The Morgan fingerprint density at radius 3 is 2.37 bits per heavy atom. The Morgan fingerprint density at radius 2 is 1.73 bits per heavy atom. The van der Waals surface area contributed by atoms with E-state index in [1.807, 2.05) is 50.2 Å². The van der Waals surface area contributed by atoms with E-state index < -0.39 is 28.3 Å². The number of fused-ring (bicyclic) bond motifs is 1. The fourth-order valence-corrected chi connectivity index (χ4v) is 5.27. The maximum absolute atomic E-state index is 13.6. The van der Waals surface area contributed by atoms with E-state index in [4.69, 9.17) is 12.6 Å². The minimum atomic E-state index is -0.747. The first-order valence-corrected chi connectivity index (χ1v) is 11.2. The van der Waals surface area contributed by atoms with E-state index >= 15 is 0 Å². The number of ketones is 1. The zero-order valence-electron chi connectivity index (χ0n) is 18.3. The van der Waals surface area contributed by atoms with Gasteiger partial charge in [-0.2, -0.15) is 0 Å². The molecule has 0 aromatic heterocycles. The van der Waals surface area contributed by atoms with E-state index in [9.17, 15) is 14.4 Å². The molecular weight excluding hydrogens is 394 g/mol. The van der Waals surface area contributed by atoms with E-state index in [1.165, 1.54) is 0 Å². The molecule has 0 bridgehead atoms. The van der Waals surface area contributed by atoms with Crippen LogP contribution in [0.4, 0.5) is 0 Å². The van der Waals surface area contributed by atoms with E-state index in [2.05, 4.69) is 6.07 Å². The molecule has 0 N–H and O–H groups in total. The first-order valence-electron chi connectivity index (χ1n) is 10.8. The Hall–Kier alpha value is -2.11. The van der Waals surface area contributed by atoms with Gasteiger partial charge >= 0.3 is 5.91 Å². The molecular formula is C25H31NO3S. The molecule has 0 aliphatic carbocycles. The number of carbonyl (C=O) groups excluding carboxylic acids is 3. The Balaban J connectivity index is 2.13. The average molecular weight is 426 g/mol. The number of hydrogen-bond donors (Lipinski definition) is 0. The molecule has 30 heavy (non-hydrogen) atoms. The van der Waals surface area contributed by atoms with Crippen LogP contribution in [0.5, 0.6) is 0 Å². The summed E-state index contributed by atoms with van der Waals surface area (Å²) in [4.78, 5) is 39.7. The van der Waals surface area contributed by atoms with Gasteiger partial charge in [0.05, 0.1) is 18.2 Å². The molecule has 2 aromatic carbocycles. The standard InChI is InChI=1S/C25H31NO3S/c1-5-15-26(23(28)22(27)25(3,4)6-2)16-14-20(21(26)24(29)30)19-13-9-11-17-10-7-8-12-18(17)19/h7-13,20-21H,5-6,14-16H2,1-4H3/t20?,21-,26?/m0/s1.